The number of hydrogen-bond acceptors (Lipinski definition) is 3. The molecule has 1 aromatic rings. The summed E-state index contributed by atoms with van der Waals surface area (Å²) in [4.78, 5) is 21.2. The largest absolute Gasteiger partial charge is 0.481 e. The highest BCUT2D eigenvalue weighted by Crippen LogP contribution is 2.13. The van der Waals surface area contributed by atoms with Gasteiger partial charge in [0.1, 0.15) is 5.75 Å². The minimum absolute atomic E-state index is 0.0891. The molecule has 0 aliphatic carbocycles. The zero-order valence-corrected chi connectivity index (χ0v) is 8.68. The zero-order valence-electron chi connectivity index (χ0n) is 8.68. The molecule has 0 aromatic heterocycles. The van der Waals surface area contributed by atoms with Gasteiger partial charge in [0.05, 0.1) is 0 Å². The van der Waals surface area contributed by atoms with Gasteiger partial charge in [0.25, 0.3) is 0 Å². The molecule has 0 aliphatic rings. The second kappa shape index (κ2) is 5.70. The summed E-state index contributed by atoms with van der Waals surface area (Å²) in [6.45, 7) is 3.28. The van der Waals surface area contributed by atoms with E-state index in [1.807, 2.05) is 0 Å². The Hall–Kier alpha value is -2.10. The number of carboxylic acids is 1. The first kappa shape index (κ1) is 12.0. The summed E-state index contributed by atoms with van der Waals surface area (Å²) in [7, 11) is 0. The van der Waals surface area contributed by atoms with Gasteiger partial charge in [0, 0.05) is 12.5 Å². The molecule has 0 fully saturated rings. The van der Waals surface area contributed by atoms with Crippen molar-refractivity contribution >= 4 is 11.9 Å². The van der Waals surface area contributed by atoms with Crippen molar-refractivity contribution in [1.82, 2.24) is 0 Å². The molecule has 0 amide bonds. The molecule has 0 unspecified atom stereocenters. The third kappa shape index (κ3) is 3.96. The summed E-state index contributed by atoms with van der Waals surface area (Å²) < 4.78 is 4.87. The van der Waals surface area contributed by atoms with Crippen LogP contribution in [0, 0.1) is 0 Å². The van der Waals surface area contributed by atoms with E-state index in [1.54, 1.807) is 24.3 Å². The van der Waals surface area contributed by atoms with Gasteiger partial charge in [-0.3, -0.25) is 4.79 Å². The van der Waals surface area contributed by atoms with Crippen LogP contribution in [0.4, 0.5) is 0 Å². The molecular formula is C12H12O4. The highest BCUT2D eigenvalue weighted by molar-refractivity contribution is 5.83. The van der Waals surface area contributed by atoms with E-state index < -0.39 is 11.9 Å². The zero-order chi connectivity index (χ0) is 12.0. The average Bonchev–Trinajstić information content (AvgIpc) is 2.28. The Bertz CT molecular complexity index is 392. The second-order valence-electron chi connectivity index (χ2n) is 3.16. The van der Waals surface area contributed by atoms with Gasteiger partial charge in [-0.2, -0.15) is 0 Å². The standard InChI is InChI=1S/C12H12O4/c1-2-12(15)16-10-6-3-9(4-7-10)5-8-11(13)14/h2-4,6-7H,1,5,8H2,(H,13,14). The van der Waals surface area contributed by atoms with Crippen molar-refractivity contribution in [1.29, 1.82) is 0 Å². The molecule has 0 spiro atoms. The fraction of sp³-hybridized carbons (Fsp3) is 0.167. The van der Waals surface area contributed by atoms with Gasteiger partial charge in [-0.05, 0) is 24.1 Å². The van der Waals surface area contributed by atoms with E-state index >= 15 is 0 Å². The van der Waals surface area contributed by atoms with E-state index in [0.29, 0.717) is 12.2 Å². The number of aryl methyl sites for hydroxylation is 1. The molecule has 0 bridgehead atoms. The van der Waals surface area contributed by atoms with Crippen molar-refractivity contribution in [2.75, 3.05) is 0 Å². The minimum atomic E-state index is -0.831. The van der Waals surface area contributed by atoms with Crippen LogP contribution in [0.25, 0.3) is 0 Å². The summed E-state index contributed by atoms with van der Waals surface area (Å²) in [5, 5.41) is 8.50. The van der Waals surface area contributed by atoms with Crippen LogP contribution in [0.2, 0.25) is 0 Å². The summed E-state index contributed by atoms with van der Waals surface area (Å²) >= 11 is 0. The molecule has 16 heavy (non-hydrogen) atoms. The Morgan fingerprint density at radius 2 is 1.94 bits per heavy atom. The maximum Gasteiger partial charge on any atom is 0.335 e. The maximum absolute atomic E-state index is 10.9. The molecule has 4 heteroatoms. The smallest absolute Gasteiger partial charge is 0.335 e. The first-order valence-corrected chi connectivity index (χ1v) is 4.77. The molecule has 0 saturated carbocycles. The first-order valence-electron chi connectivity index (χ1n) is 4.77. The van der Waals surface area contributed by atoms with Crippen LogP contribution in [0.1, 0.15) is 12.0 Å². The first-order chi connectivity index (χ1) is 7.61. The van der Waals surface area contributed by atoms with Crippen LogP contribution >= 0.6 is 0 Å². The number of benzene rings is 1. The van der Waals surface area contributed by atoms with Crippen LogP contribution in [0.5, 0.6) is 5.75 Å². The highest BCUT2D eigenvalue weighted by atomic mass is 16.5. The number of ether oxygens (including phenoxy) is 1. The molecule has 0 radical (unpaired) electrons. The monoisotopic (exact) mass is 220 g/mol. The van der Waals surface area contributed by atoms with Crippen molar-refractivity contribution in [3.8, 4) is 5.75 Å². The summed E-state index contributed by atoms with van der Waals surface area (Å²) in [5.41, 5.74) is 0.890. The van der Waals surface area contributed by atoms with Crippen LogP contribution in [-0.2, 0) is 16.0 Å². The average molecular weight is 220 g/mol. The molecule has 4 nitrogen and oxygen atoms in total. The molecule has 1 rings (SSSR count). The number of carbonyl (C=O) groups excluding carboxylic acids is 1. The molecule has 84 valence electrons. The number of rotatable bonds is 5. The lowest BCUT2D eigenvalue weighted by Gasteiger charge is -2.02. The minimum Gasteiger partial charge on any atom is -0.481 e. The van der Waals surface area contributed by atoms with Gasteiger partial charge in [-0.15, -0.1) is 0 Å². The number of carboxylic acid groups (broad SMARTS) is 1. The molecular weight excluding hydrogens is 208 g/mol. The number of hydrogen-bond donors (Lipinski definition) is 1. The van der Waals surface area contributed by atoms with Crippen molar-refractivity contribution in [3.05, 3.63) is 42.5 Å². The predicted octanol–water partition coefficient (Wildman–Crippen LogP) is 1.80. The second-order valence-corrected chi connectivity index (χ2v) is 3.16. The van der Waals surface area contributed by atoms with E-state index in [1.165, 1.54) is 0 Å². The quantitative estimate of drug-likeness (QED) is 0.467. The molecule has 0 atom stereocenters. The lowest BCUT2D eigenvalue weighted by atomic mass is 10.1. The van der Waals surface area contributed by atoms with Gasteiger partial charge < -0.3 is 9.84 Å². The van der Waals surface area contributed by atoms with E-state index in [4.69, 9.17) is 9.84 Å². The van der Waals surface area contributed by atoms with Gasteiger partial charge in [-0.25, -0.2) is 4.79 Å². The fourth-order valence-electron chi connectivity index (χ4n) is 1.13. The number of esters is 1. The summed E-state index contributed by atoms with van der Waals surface area (Å²) in [6, 6.07) is 6.71. The lowest BCUT2D eigenvalue weighted by Crippen LogP contribution is -2.03. The Labute approximate surface area is 93.2 Å². The van der Waals surface area contributed by atoms with Crippen LogP contribution in [0.3, 0.4) is 0 Å². The summed E-state index contributed by atoms with van der Waals surface area (Å²) in [5.74, 6) is -0.926. The molecule has 1 aromatic carbocycles. The van der Waals surface area contributed by atoms with Gasteiger partial charge >= 0.3 is 11.9 Å². The normalized spacial score (nSPS) is 9.50. The van der Waals surface area contributed by atoms with Crippen LogP contribution < -0.4 is 4.74 Å². The fourth-order valence-corrected chi connectivity index (χ4v) is 1.13. The Morgan fingerprint density at radius 1 is 1.31 bits per heavy atom. The SMILES string of the molecule is C=CC(=O)Oc1ccc(CCC(=O)O)cc1. The van der Waals surface area contributed by atoms with Crippen LogP contribution in [0.15, 0.2) is 36.9 Å². The van der Waals surface area contributed by atoms with Crippen molar-refractivity contribution in [2.45, 2.75) is 12.8 Å². The third-order valence-electron chi connectivity index (χ3n) is 1.94. The molecule has 0 heterocycles. The van der Waals surface area contributed by atoms with Gasteiger partial charge in [-0.1, -0.05) is 18.7 Å². The van der Waals surface area contributed by atoms with Crippen LogP contribution in [-0.4, -0.2) is 17.0 Å². The Balaban J connectivity index is 2.57. The van der Waals surface area contributed by atoms with Crippen molar-refractivity contribution in [3.63, 3.8) is 0 Å². The van der Waals surface area contributed by atoms with Gasteiger partial charge in [0.15, 0.2) is 0 Å². The maximum atomic E-state index is 10.9. The van der Waals surface area contributed by atoms with E-state index in [0.717, 1.165) is 11.6 Å². The number of carbonyl (C=O) groups is 2. The van der Waals surface area contributed by atoms with Gasteiger partial charge in [0.2, 0.25) is 0 Å². The van der Waals surface area contributed by atoms with E-state index in [9.17, 15) is 9.59 Å². The van der Waals surface area contributed by atoms with E-state index in [-0.39, 0.29) is 6.42 Å². The molecule has 1 N–H and O–H groups in total. The molecule has 0 aliphatic heterocycles. The Morgan fingerprint density at radius 3 is 2.44 bits per heavy atom. The molecule has 0 saturated heterocycles. The topological polar surface area (TPSA) is 63.6 Å². The van der Waals surface area contributed by atoms with E-state index in [2.05, 4.69) is 6.58 Å². The highest BCUT2D eigenvalue weighted by Gasteiger charge is 2.01. The Kier molecular flexibility index (Phi) is 4.27. The lowest BCUT2D eigenvalue weighted by molar-refractivity contribution is -0.137. The predicted molar refractivity (Wildman–Crippen MR) is 58.2 cm³/mol. The summed E-state index contributed by atoms with van der Waals surface area (Å²) in [6.07, 6.45) is 1.63. The number of aliphatic carboxylic acids is 1. The van der Waals surface area contributed by atoms with Crippen molar-refractivity contribution in [2.24, 2.45) is 0 Å². The third-order valence-corrected chi connectivity index (χ3v) is 1.94. The van der Waals surface area contributed by atoms with Crippen molar-refractivity contribution < 1.29 is 19.4 Å².